The predicted octanol–water partition coefficient (Wildman–Crippen LogP) is 3.33. The quantitative estimate of drug-likeness (QED) is 0.756. The van der Waals surface area contributed by atoms with Crippen LogP contribution in [0.5, 0.6) is 5.75 Å². The highest BCUT2D eigenvalue weighted by atomic mass is 16.6. The lowest BCUT2D eigenvalue weighted by Gasteiger charge is -2.25. The van der Waals surface area contributed by atoms with E-state index in [1.807, 2.05) is 38.1 Å². The standard InChI is InChI=1S/C18H26O4/c1-13(2)11-21-15-7-5-14(6-8-15)18(3,4)17(19)22-16-9-10-20-12-16/h5-8,13,16H,9-12H2,1-4H3. The molecular formula is C18H26O4. The molecular weight excluding hydrogens is 280 g/mol. The summed E-state index contributed by atoms with van der Waals surface area (Å²) in [6.07, 6.45) is 0.671. The minimum absolute atomic E-state index is 0.111. The molecule has 0 spiro atoms. The van der Waals surface area contributed by atoms with Crippen molar-refractivity contribution in [2.45, 2.75) is 45.6 Å². The van der Waals surface area contributed by atoms with E-state index < -0.39 is 5.41 Å². The van der Waals surface area contributed by atoms with Crippen molar-refractivity contribution in [1.82, 2.24) is 0 Å². The summed E-state index contributed by atoms with van der Waals surface area (Å²) in [7, 11) is 0. The number of esters is 1. The molecule has 4 heteroatoms. The maximum Gasteiger partial charge on any atom is 0.316 e. The molecule has 0 amide bonds. The van der Waals surface area contributed by atoms with Crippen LogP contribution in [0.15, 0.2) is 24.3 Å². The van der Waals surface area contributed by atoms with Gasteiger partial charge < -0.3 is 14.2 Å². The second kappa shape index (κ2) is 7.14. The fourth-order valence-corrected chi connectivity index (χ4v) is 2.25. The third-order valence-corrected chi connectivity index (χ3v) is 3.83. The lowest BCUT2D eigenvalue weighted by Crippen LogP contribution is -2.34. The third-order valence-electron chi connectivity index (χ3n) is 3.83. The van der Waals surface area contributed by atoms with E-state index in [1.54, 1.807) is 0 Å². The third kappa shape index (κ3) is 4.23. The van der Waals surface area contributed by atoms with Gasteiger partial charge in [-0.15, -0.1) is 0 Å². The van der Waals surface area contributed by atoms with Gasteiger partial charge in [-0.1, -0.05) is 26.0 Å². The van der Waals surface area contributed by atoms with Gasteiger partial charge in [0.25, 0.3) is 0 Å². The summed E-state index contributed by atoms with van der Waals surface area (Å²) in [5.41, 5.74) is 0.243. The summed E-state index contributed by atoms with van der Waals surface area (Å²) in [4.78, 5) is 12.4. The minimum atomic E-state index is -0.681. The Hall–Kier alpha value is -1.55. The molecule has 1 fully saturated rings. The Morgan fingerprint density at radius 3 is 2.55 bits per heavy atom. The van der Waals surface area contributed by atoms with Crippen LogP contribution in [0.3, 0.4) is 0 Å². The molecule has 1 saturated heterocycles. The Morgan fingerprint density at radius 2 is 2.00 bits per heavy atom. The van der Waals surface area contributed by atoms with E-state index in [1.165, 1.54) is 0 Å². The summed E-state index contributed by atoms with van der Waals surface area (Å²) in [5, 5.41) is 0. The van der Waals surface area contributed by atoms with Crippen molar-refractivity contribution >= 4 is 5.97 Å². The number of rotatable bonds is 6. The van der Waals surface area contributed by atoms with E-state index >= 15 is 0 Å². The molecule has 1 aromatic rings. The molecule has 22 heavy (non-hydrogen) atoms. The maximum atomic E-state index is 12.4. The van der Waals surface area contributed by atoms with Crippen molar-refractivity contribution in [3.05, 3.63) is 29.8 Å². The van der Waals surface area contributed by atoms with E-state index in [9.17, 15) is 4.79 Å². The first-order valence-electron chi connectivity index (χ1n) is 7.91. The fourth-order valence-electron chi connectivity index (χ4n) is 2.25. The van der Waals surface area contributed by atoms with Crippen LogP contribution in [-0.2, 0) is 19.7 Å². The average molecular weight is 306 g/mol. The molecule has 0 bridgehead atoms. The van der Waals surface area contributed by atoms with Crippen LogP contribution in [0, 0.1) is 5.92 Å². The minimum Gasteiger partial charge on any atom is -0.493 e. The zero-order chi connectivity index (χ0) is 16.2. The Bertz CT molecular complexity index is 484. The van der Waals surface area contributed by atoms with Gasteiger partial charge in [0.1, 0.15) is 11.9 Å². The van der Waals surface area contributed by atoms with Crippen LogP contribution >= 0.6 is 0 Å². The first-order valence-corrected chi connectivity index (χ1v) is 7.91. The van der Waals surface area contributed by atoms with Crippen molar-refractivity contribution < 1.29 is 19.0 Å². The number of carbonyl (C=O) groups excluding carboxylic acids is 1. The Kier molecular flexibility index (Phi) is 5.46. The van der Waals surface area contributed by atoms with E-state index in [0.29, 0.717) is 25.7 Å². The van der Waals surface area contributed by atoms with Gasteiger partial charge in [-0.25, -0.2) is 0 Å². The summed E-state index contributed by atoms with van der Waals surface area (Å²) in [6, 6.07) is 7.68. The molecule has 122 valence electrons. The predicted molar refractivity (Wildman–Crippen MR) is 85.1 cm³/mol. The molecule has 4 nitrogen and oxygen atoms in total. The number of ether oxygens (including phenoxy) is 3. The van der Waals surface area contributed by atoms with Crippen LogP contribution < -0.4 is 4.74 Å². The zero-order valence-corrected chi connectivity index (χ0v) is 13.9. The van der Waals surface area contributed by atoms with Crippen LogP contribution in [0.25, 0.3) is 0 Å². The van der Waals surface area contributed by atoms with Crippen LogP contribution in [0.1, 0.15) is 39.7 Å². The highest BCUT2D eigenvalue weighted by Gasteiger charge is 2.34. The lowest BCUT2D eigenvalue weighted by molar-refractivity contribution is -0.154. The van der Waals surface area contributed by atoms with Crippen LogP contribution in [0.4, 0.5) is 0 Å². The lowest BCUT2D eigenvalue weighted by atomic mass is 9.84. The Morgan fingerprint density at radius 1 is 1.32 bits per heavy atom. The van der Waals surface area contributed by atoms with Gasteiger partial charge in [-0.05, 0) is 37.5 Å². The number of benzene rings is 1. The average Bonchev–Trinajstić information content (AvgIpc) is 2.98. The molecule has 1 aliphatic rings. The van der Waals surface area contributed by atoms with Gasteiger partial charge >= 0.3 is 5.97 Å². The van der Waals surface area contributed by atoms with E-state index in [2.05, 4.69) is 13.8 Å². The Labute approximate surface area is 132 Å². The second-order valence-corrected chi connectivity index (χ2v) is 6.75. The molecule has 1 unspecified atom stereocenters. The van der Waals surface area contributed by atoms with Crippen LogP contribution in [-0.4, -0.2) is 31.9 Å². The van der Waals surface area contributed by atoms with Gasteiger partial charge in [0.05, 0.1) is 25.2 Å². The first kappa shape index (κ1) is 16.8. The fraction of sp³-hybridized carbons (Fsp3) is 0.611. The van der Waals surface area contributed by atoms with Gasteiger partial charge in [0.2, 0.25) is 0 Å². The number of hydrogen-bond acceptors (Lipinski definition) is 4. The molecule has 0 radical (unpaired) electrons. The molecule has 1 heterocycles. The summed E-state index contributed by atoms with van der Waals surface area (Å²) in [5.74, 6) is 1.10. The van der Waals surface area contributed by atoms with Crippen molar-refractivity contribution in [3.63, 3.8) is 0 Å². The second-order valence-electron chi connectivity index (χ2n) is 6.75. The van der Waals surface area contributed by atoms with E-state index in [4.69, 9.17) is 14.2 Å². The van der Waals surface area contributed by atoms with Crippen molar-refractivity contribution in [2.24, 2.45) is 5.92 Å². The normalized spacial score (nSPS) is 18.5. The van der Waals surface area contributed by atoms with Crippen LogP contribution in [0.2, 0.25) is 0 Å². The monoisotopic (exact) mass is 306 g/mol. The van der Waals surface area contributed by atoms with E-state index in [-0.39, 0.29) is 12.1 Å². The summed E-state index contributed by atoms with van der Waals surface area (Å²) >= 11 is 0. The first-order chi connectivity index (χ1) is 10.4. The topological polar surface area (TPSA) is 44.8 Å². The largest absolute Gasteiger partial charge is 0.493 e. The molecule has 0 N–H and O–H groups in total. The number of carbonyl (C=O) groups is 1. The van der Waals surface area contributed by atoms with E-state index in [0.717, 1.165) is 17.7 Å². The van der Waals surface area contributed by atoms with Gasteiger partial charge in [-0.3, -0.25) is 4.79 Å². The molecule has 0 saturated carbocycles. The smallest absolute Gasteiger partial charge is 0.316 e. The van der Waals surface area contributed by atoms with Gasteiger partial charge in [0, 0.05) is 6.42 Å². The summed E-state index contributed by atoms with van der Waals surface area (Å²) < 4.78 is 16.5. The summed E-state index contributed by atoms with van der Waals surface area (Å²) in [6.45, 7) is 9.85. The highest BCUT2D eigenvalue weighted by Crippen LogP contribution is 2.28. The maximum absolute atomic E-state index is 12.4. The zero-order valence-electron chi connectivity index (χ0n) is 13.9. The Balaban J connectivity index is 1.99. The van der Waals surface area contributed by atoms with Gasteiger partial charge in [-0.2, -0.15) is 0 Å². The van der Waals surface area contributed by atoms with Gasteiger partial charge in [0.15, 0.2) is 0 Å². The molecule has 2 rings (SSSR count). The molecule has 1 atom stereocenters. The van der Waals surface area contributed by atoms with Crippen molar-refractivity contribution in [1.29, 1.82) is 0 Å². The number of hydrogen-bond donors (Lipinski definition) is 0. The molecule has 1 aliphatic heterocycles. The van der Waals surface area contributed by atoms with Crippen molar-refractivity contribution in [3.8, 4) is 5.75 Å². The SMILES string of the molecule is CC(C)COc1ccc(C(C)(C)C(=O)OC2CCOC2)cc1. The molecule has 1 aromatic carbocycles. The highest BCUT2D eigenvalue weighted by molar-refractivity contribution is 5.82. The molecule has 0 aromatic heterocycles. The molecule has 0 aliphatic carbocycles. The van der Waals surface area contributed by atoms with Crippen molar-refractivity contribution in [2.75, 3.05) is 19.8 Å².